The van der Waals surface area contributed by atoms with E-state index in [2.05, 4.69) is 12.2 Å². The summed E-state index contributed by atoms with van der Waals surface area (Å²) in [6.07, 6.45) is 4.94. The van der Waals surface area contributed by atoms with Crippen LogP contribution in [0.25, 0.3) is 0 Å². The Bertz CT molecular complexity index is 448. The van der Waals surface area contributed by atoms with Crippen LogP contribution in [0, 0.1) is 0 Å². The van der Waals surface area contributed by atoms with E-state index < -0.39 is 0 Å². The number of benzene rings is 1. The van der Waals surface area contributed by atoms with Crippen molar-refractivity contribution in [1.29, 1.82) is 0 Å². The second kappa shape index (κ2) is 7.90. The first-order chi connectivity index (χ1) is 10.1. The van der Waals surface area contributed by atoms with Gasteiger partial charge in [0.05, 0.1) is 17.2 Å². The van der Waals surface area contributed by atoms with Crippen LogP contribution in [0.1, 0.15) is 46.5 Å². The molecule has 0 aliphatic carbocycles. The third kappa shape index (κ3) is 5.08. The first-order valence-electron chi connectivity index (χ1n) is 7.92. The molecule has 3 nitrogen and oxygen atoms in total. The first kappa shape index (κ1) is 16.4. The molecule has 2 rings (SSSR count). The van der Waals surface area contributed by atoms with Crippen LogP contribution in [0.2, 0.25) is 5.02 Å². The molecular formula is C17H26ClNO2. The summed E-state index contributed by atoms with van der Waals surface area (Å²) in [7, 11) is 0. The molecule has 21 heavy (non-hydrogen) atoms. The van der Waals surface area contributed by atoms with Crippen LogP contribution in [0.15, 0.2) is 18.2 Å². The summed E-state index contributed by atoms with van der Waals surface area (Å²) in [4.78, 5) is 0. The maximum absolute atomic E-state index is 6.28. The Kier molecular flexibility index (Phi) is 6.19. The van der Waals surface area contributed by atoms with Gasteiger partial charge in [0.2, 0.25) is 0 Å². The van der Waals surface area contributed by atoms with E-state index in [9.17, 15) is 0 Å². The van der Waals surface area contributed by atoms with Crippen molar-refractivity contribution in [2.75, 3.05) is 11.9 Å². The molecule has 2 atom stereocenters. The third-order valence-corrected chi connectivity index (χ3v) is 3.94. The molecule has 1 aromatic rings. The molecule has 1 heterocycles. The average molecular weight is 312 g/mol. The molecule has 1 saturated heterocycles. The second-order valence-electron chi connectivity index (χ2n) is 5.96. The Morgan fingerprint density at radius 2 is 2.24 bits per heavy atom. The molecule has 1 aliphatic heterocycles. The summed E-state index contributed by atoms with van der Waals surface area (Å²) in [6.45, 7) is 7.04. The van der Waals surface area contributed by atoms with Gasteiger partial charge in [0, 0.05) is 18.3 Å². The number of hydrogen-bond acceptors (Lipinski definition) is 3. The highest BCUT2D eigenvalue weighted by Crippen LogP contribution is 2.30. The van der Waals surface area contributed by atoms with Gasteiger partial charge in [-0.25, -0.2) is 0 Å². The van der Waals surface area contributed by atoms with Crippen LogP contribution in [-0.4, -0.2) is 24.9 Å². The molecular weight excluding hydrogens is 286 g/mol. The van der Waals surface area contributed by atoms with E-state index in [4.69, 9.17) is 21.1 Å². The fraction of sp³-hybridized carbons (Fsp3) is 0.647. The zero-order valence-corrected chi connectivity index (χ0v) is 14.0. The maximum Gasteiger partial charge on any atom is 0.138 e. The minimum Gasteiger partial charge on any atom is -0.489 e. The van der Waals surface area contributed by atoms with E-state index >= 15 is 0 Å². The van der Waals surface area contributed by atoms with Gasteiger partial charge in [-0.05, 0) is 51.3 Å². The molecule has 1 fully saturated rings. The molecule has 0 saturated carbocycles. The molecule has 0 spiro atoms. The summed E-state index contributed by atoms with van der Waals surface area (Å²) >= 11 is 6.28. The van der Waals surface area contributed by atoms with Crippen molar-refractivity contribution in [3.8, 4) is 5.75 Å². The Morgan fingerprint density at radius 1 is 1.43 bits per heavy atom. The number of rotatable bonds is 6. The minimum absolute atomic E-state index is 0.131. The molecule has 0 amide bonds. The molecule has 2 unspecified atom stereocenters. The number of hydrogen-bond donors (Lipinski definition) is 1. The lowest BCUT2D eigenvalue weighted by molar-refractivity contribution is 0.00598. The molecule has 1 aromatic carbocycles. The topological polar surface area (TPSA) is 30.5 Å². The van der Waals surface area contributed by atoms with Crippen LogP contribution < -0.4 is 10.1 Å². The van der Waals surface area contributed by atoms with Crippen LogP contribution in [0.5, 0.6) is 5.75 Å². The van der Waals surface area contributed by atoms with E-state index in [0.29, 0.717) is 17.2 Å². The van der Waals surface area contributed by atoms with Gasteiger partial charge in [-0.2, -0.15) is 0 Å². The van der Waals surface area contributed by atoms with Crippen LogP contribution in [0.3, 0.4) is 0 Å². The lowest BCUT2D eigenvalue weighted by atomic mass is 10.00. The van der Waals surface area contributed by atoms with E-state index in [-0.39, 0.29) is 6.10 Å². The quantitative estimate of drug-likeness (QED) is 0.811. The number of nitrogens with one attached hydrogen (secondary N) is 1. The van der Waals surface area contributed by atoms with Crippen molar-refractivity contribution in [1.82, 2.24) is 0 Å². The largest absolute Gasteiger partial charge is 0.489 e. The molecule has 4 heteroatoms. The first-order valence-corrected chi connectivity index (χ1v) is 8.30. The van der Waals surface area contributed by atoms with Crippen LogP contribution >= 0.6 is 11.6 Å². The second-order valence-corrected chi connectivity index (χ2v) is 6.37. The van der Waals surface area contributed by atoms with Gasteiger partial charge < -0.3 is 14.8 Å². The summed E-state index contributed by atoms with van der Waals surface area (Å²) in [5.41, 5.74) is 1.05. The lowest BCUT2D eigenvalue weighted by Gasteiger charge is -2.30. The van der Waals surface area contributed by atoms with Gasteiger partial charge >= 0.3 is 0 Å². The van der Waals surface area contributed by atoms with Crippen LogP contribution in [0.4, 0.5) is 5.69 Å². The SMILES string of the molecule is CCCC1CC(Nc2ccc(OC(C)C)c(Cl)c2)CCO1. The average Bonchev–Trinajstić information content (AvgIpc) is 2.42. The normalized spacial score (nSPS) is 22.3. The monoisotopic (exact) mass is 311 g/mol. The Labute approximate surface area is 133 Å². The van der Waals surface area contributed by atoms with Crippen molar-refractivity contribution in [2.24, 2.45) is 0 Å². The van der Waals surface area contributed by atoms with Gasteiger partial charge in [-0.3, -0.25) is 0 Å². The molecule has 1 N–H and O–H groups in total. The molecule has 0 radical (unpaired) electrons. The predicted molar refractivity (Wildman–Crippen MR) is 88.5 cm³/mol. The Balaban J connectivity index is 1.94. The highest BCUT2D eigenvalue weighted by atomic mass is 35.5. The number of ether oxygens (including phenoxy) is 2. The third-order valence-electron chi connectivity index (χ3n) is 3.64. The Hall–Kier alpha value is -0.930. The minimum atomic E-state index is 0.131. The fourth-order valence-corrected chi connectivity index (χ4v) is 2.94. The van der Waals surface area contributed by atoms with Gasteiger partial charge in [0.1, 0.15) is 5.75 Å². The standard InChI is InChI=1S/C17H26ClNO2/c1-4-5-15-10-14(8-9-20-15)19-13-6-7-17(16(18)11-13)21-12(2)3/h6-7,11-12,14-15,19H,4-5,8-10H2,1-3H3. The maximum atomic E-state index is 6.28. The van der Waals surface area contributed by atoms with Crippen molar-refractivity contribution in [2.45, 2.75) is 64.7 Å². The summed E-state index contributed by atoms with van der Waals surface area (Å²) < 4.78 is 11.4. The Morgan fingerprint density at radius 3 is 2.90 bits per heavy atom. The summed E-state index contributed by atoms with van der Waals surface area (Å²) in [5.74, 6) is 0.744. The molecule has 1 aliphatic rings. The molecule has 0 aromatic heterocycles. The van der Waals surface area contributed by atoms with Gasteiger partial charge in [-0.1, -0.05) is 24.9 Å². The number of anilines is 1. The van der Waals surface area contributed by atoms with Crippen molar-refractivity contribution >= 4 is 17.3 Å². The van der Waals surface area contributed by atoms with Gasteiger partial charge in [0.25, 0.3) is 0 Å². The highest BCUT2D eigenvalue weighted by Gasteiger charge is 2.22. The highest BCUT2D eigenvalue weighted by molar-refractivity contribution is 6.32. The predicted octanol–water partition coefficient (Wildman–Crippen LogP) is 4.89. The van der Waals surface area contributed by atoms with E-state index in [0.717, 1.165) is 37.3 Å². The lowest BCUT2D eigenvalue weighted by Crippen LogP contribution is -2.33. The summed E-state index contributed by atoms with van der Waals surface area (Å²) in [6, 6.07) is 6.38. The van der Waals surface area contributed by atoms with Crippen LogP contribution in [-0.2, 0) is 4.74 Å². The number of halogens is 1. The van der Waals surface area contributed by atoms with Gasteiger partial charge in [0.15, 0.2) is 0 Å². The van der Waals surface area contributed by atoms with Gasteiger partial charge in [-0.15, -0.1) is 0 Å². The van der Waals surface area contributed by atoms with E-state index in [1.54, 1.807) is 0 Å². The zero-order chi connectivity index (χ0) is 15.2. The van der Waals surface area contributed by atoms with E-state index in [1.165, 1.54) is 6.42 Å². The van der Waals surface area contributed by atoms with Crippen molar-refractivity contribution < 1.29 is 9.47 Å². The summed E-state index contributed by atoms with van der Waals surface area (Å²) in [5, 5.41) is 4.23. The fourth-order valence-electron chi connectivity index (χ4n) is 2.71. The van der Waals surface area contributed by atoms with E-state index in [1.807, 2.05) is 32.0 Å². The molecule has 118 valence electrons. The zero-order valence-electron chi connectivity index (χ0n) is 13.2. The van der Waals surface area contributed by atoms with Crippen molar-refractivity contribution in [3.05, 3.63) is 23.2 Å². The molecule has 0 bridgehead atoms. The smallest absolute Gasteiger partial charge is 0.138 e. The van der Waals surface area contributed by atoms with Crippen molar-refractivity contribution in [3.63, 3.8) is 0 Å².